The summed E-state index contributed by atoms with van der Waals surface area (Å²) in [5.41, 5.74) is 2.45. The fourth-order valence-electron chi connectivity index (χ4n) is 2.17. The first-order valence-electron chi connectivity index (χ1n) is 6.10. The van der Waals surface area contributed by atoms with E-state index in [0.29, 0.717) is 0 Å². The zero-order valence-electron chi connectivity index (χ0n) is 10.6. The largest absolute Gasteiger partial charge is 0.497 e. The van der Waals surface area contributed by atoms with E-state index < -0.39 is 0 Å². The van der Waals surface area contributed by atoms with E-state index in [0.717, 1.165) is 10.2 Å². The van der Waals surface area contributed by atoms with Crippen LogP contribution in [0.1, 0.15) is 0 Å². The molecule has 0 saturated carbocycles. The van der Waals surface area contributed by atoms with E-state index in [1.54, 1.807) is 7.11 Å². The molecular weight excluding hydrogens is 300 g/mol. The Hall–Kier alpha value is -1.80. The van der Waals surface area contributed by atoms with Crippen molar-refractivity contribution in [2.45, 2.75) is 0 Å². The molecule has 0 aliphatic heterocycles. The third-order valence-electron chi connectivity index (χ3n) is 3.22. The third kappa shape index (κ3) is 2.49. The van der Waals surface area contributed by atoms with Crippen molar-refractivity contribution in [3.63, 3.8) is 0 Å². The van der Waals surface area contributed by atoms with Crippen LogP contribution in [0.3, 0.4) is 0 Å². The van der Waals surface area contributed by atoms with Crippen LogP contribution in [0.4, 0.5) is 0 Å². The molecule has 0 heterocycles. The van der Waals surface area contributed by atoms with Gasteiger partial charge in [0.2, 0.25) is 0 Å². The molecule has 0 radical (unpaired) electrons. The number of ether oxygens (including phenoxy) is 1. The highest BCUT2D eigenvalue weighted by Crippen LogP contribution is 2.27. The summed E-state index contributed by atoms with van der Waals surface area (Å²) in [4.78, 5) is 0. The lowest BCUT2D eigenvalue weighted by atomic mass is 10.0. The second-order valence-corrected chi connectivity index (χ2v) is 5.35. The lowest BCUT2D eigenvalue weighted by Gasteiger charge is -2.06. The normalized spacial score (nSPS) is 10.6. The van der Waals surface area contributed by atoms with E-state index in [2.05, 4.69) is 70.5 Å². The van der Waals surface area contributed by atoms with E-state index in [9.17, 15) is 0 Å². The fraction of sp³-hybridized carbons (Fsp3) is 0.0588. The standard InChI is InChI=1S/C17H13BrO/c1-19-17-9-6-14-10-13(2-3-15(14)11-17)12-4-7-16(18)8-5-12/h2-11H,1H3. The van der Waals surface area contributed by atoms with Crippen molar-refractivity contribution in [3.8, 4) is 16.9 Å². The van der Waals surface area contributed by atoms with E-state index >= 15 is 0 Å². The predicted octanol–water partition coefficient (Wildman–Crippen LogP) is 5.28. The molecule has 0 aliphatic rings. The van der Waals surface area contributed by atoms with Crippen LogP contribution in [0.15, 0.2) is 65.1 Å². The highest BCUT2D eigenvalue weighted by molar-refractivity contribution is 9.10. The summed E-state index contributed by atoms with van der Waals surface area (Å²) in [6, 6.07) is 21.0. The molecule has 0 atom stereocenters. The van der Waals surface area contributed by atoms with Gasteiger partial charge in [-0.2, -0.15) is 0 Å². The fourth-order valence-corrected chi connectivity index (χ4v) is 2.44. The minimum absolute atomic E-state index is 0.892. The van der Waals surface area contributed by atoms with Crippen LogP contribution in [0.2, 0.25) is 0 Å². The Morgan fingerprint density at radius 3 is 2.11 bits per heavy atom. The summed E-state index contributed by atoms with van der Waals surface area (Å²) in [6.45, 7) is 0. The quantitative estimate of drug-likeness (QED) is 0.625. The highest BCUT2D eigenvalue weighted by atomic mass is 79.9. The van der Waals surface area contributed by atoms with Gasteiger partial charge in [0.15, 0.2) is 0 Å². The van der Waals surface area contributed by atoms with Crippen LogP contribution in [0.25, 0.3) is 21.9 Å². The van der Waals surface area contributed by atoms with Crippen molar-refractivity contribution >= 4 is 26.7 Å². The zero-order chi connectivity index (χ0) is 13.2. The summed E-state index contributed by atoms with van der Waals surface area (Å²) in [5, 5.41) is 2.42. The molecule has 0 fully saturated rings. The number of hydrogen-bond acceptors (Lipinski definition) is 1. The van der Waals surface area contributed by atoms with Crippen molar-refractivity contribution in [1.29, 1.82) is 0 Å². The maximum Gasteiger partial charge on any atom is 0.119 e. The number of hydrogen-bond donors (Lipinski definition) is 0. The van der Waals surface area contributed by atoms with Crippen molar-refractivity contribution < 1.29 is 4.74 Å². The van der Waals surface area contributed by atoms with Gasteiger partial charge in [-0.1, -0.05) is 46.3 Å². The van der Waals surface area contributed by atoms with Gasteiger partial charge in [-0.25, -0.2) is 0 Å². The lowest BCUT2D eigenvalue weighted by molar-refractivity contribution is 0.415. The molecule has 0 spiro atoms. The summed E-state index contributed by atoms with van der Waals surface area (Å²) in [7, 11) is 1.69. The highest BCUT2D eigenvalue weighted by Gasteiger charge is 2.01. The molecule has 3 aromatic carbocycles. The molecule has 0 aliphatic carbocycles. The number of fused-ring (bicyclic) bond motifs is 1. The molecule has 0 N–H and O–H groups in total. The molecule has 0 saturated heterocycles. The van der Waals surface area contributed by atoms with Gasteiger partial charge in [0, 0.05) is 4.47 Å². The SMILES string of the molecule is COc1ccc2cc(-c3ccc(Br)cc3)ccc2c1. The van der Waals surface area contributed by atoms with E-state index in [1.807, 2.05) is 6.07 Å². The van der Waals surface area contributed by atoms with Crippen LogP contribution in [0.5, 0.6) is 5.75 Å². The average molecular weight is 313 g/mol. The summed E-state index contributed by atoms with van der Waals surface area (Å²) < 4.78 is 6.34. The van der Waals surface area contributed by atoms with Crippen molar-refractivity contribution in [2.75, 3.05) is 7.11 Å². The number of rotatable bonds is 2. The van der Waals surface area contributed by atoms with Gasteiger partial charge in [0.1, 0.15) is 5.75 Å². The monoisotopic (exact) mass is 312 g/mol. The minimum Gasteiger partial charge on any atom is -0.497 e. The van der Waals surface area contributed by atoms with Crippen molar-refractivity contribution in [1.82, 2.24) is 0 Å². The zero-order valence-corrected chi connectivity index (χ0v) is 12.1. The molecule has 94 valence electrons. The van der Waals surface area contributed by atoms with Crippen LogP contribution in [-0.2, 0) is 0 Å². The molecule has 2 heteroatoms. The lowest BCUT2D eigenvalue weighted by Crippen LogP contribution is -1.83. The molecule has 3 aromatic rings. The maximum atomic E-state index is 5.25. The molecular formula is C17H13BrO. The van der Waals surface area contributed by atoms with Crippen molar-refractivity contribution in [3.05, 3.63) is 65.1 Å². The Morgan fingerprint density at radius 2 is 1.37 bits per heavy atom. The Kier molecular flexibility index (Phi) is 3.26. The first kappa shape index (κ1) is 12.2. The Labute approximate surface area is 121 Å². The van der Waals surface area contributed by atoms with Gasteiger partial charge in [0.25, 0.3) is 0 Å². The second kappa shape index (κ2) is 5.06. The van der Waals surface area contributed by atoms with E-state index in [4.69, 9.17) is 4.74 Å². The van der Waals surface area contributed by atoms with E-state index in [-0.39, 0.29) is 0 Å². The number of benzene rings is 3. The van der Waals surface area contributed by atoms with Crippen LogP contribution < -0.4 is 4.74 Å². The van der Waals surface area contributed by atoms with Gasteiger partial charge in [-0.05, 0) is 52.2 Å². The van der Waals surface area contributed by atoms with Gasteiger partial charge >= 0.3 is 0 Å². The molecule has 3 rings (SSSR count). The Balaban J connectivity index is 2.08. The van der Waals surface area contributed by atoms with Crippen LogP contribution in [-0.4, -0.2) is 7.11 Å². The first-order valence-corrected chi connectivity index (χ1v) is 6.89. The Morgan fingerprint density at radius 1 is 0.737 bits per heavy atom. The maximum absolute atomic E-state index is 5.25. The molecule has 1 nitrogen and oxygen atoms in total. The second-order valence-electron chi connectivity index (χ2n) is 4.43. The van der Waals surface area contributed by atoms with Gasteiger partial charge in [-0.15, -0.1) is 0 Å². The summed E-state index contributed by atoms with van der Waals surface area (Å²) in [5.74, 6) is 0.892. The van der Waals surface area contributed by atoms with Gasteiger partial charge < -0.3 is 4.74 Å². The van der Waals surface area contributed by atoms with Crippen LogP contribution in [0, 0.1) is 0 Å². The third-order valence-corrected chi connectivity index (χ3v) is 3.75. The predicted molar refractivity (Wildman–Crippen MR) is 83.6 cm³/mol. The molecule has 0 unspecified atom stereocenters. The average Bonchev–Trinajstić information content (AvgIpc) is 2.47. The molecule has 0 bridgehead atoms. The summed E-state index contributed by atoms with van der Waals surface area (Å²) >= 11 is 3.46. The van der Waals surface area contributed by atoms with Crippen LogP contribution >= 0.6 is 15.9 Å². The number of methoxy groups -OCH3 is 1. The van der Waals surface area contributed by atoms with E-state index in [1.165, 1.54) is 21.9 Å². The van der Waals surface area contributed by atoms with Gasteiger partial charge in [-0.3, -0.25) is 0 Å². The van der Waals surface area contributed by atoms with Crippen molar-refractivity contribution in [2.24, 2.45) is 0 Å². The van der Waals surface area contributed by atoms with Gasteiger partial charge in [0.05, 0.1) is 7.11 Å². The Bertz CT molecular complexity index is 717. The topological polar surface area (TPSA) is 9.23 Å². The molecule has 0 amide bonds. The first-order chi connectivity index (χ1) is 9.26. The smallest absolute Gasteiger partial charge is 0.119 e. The number of halogens is 1. The molecule has 0 aromatic heterocycles. The molecule has 19 heavy (non-hydrogen) atoms. The minimum atomic E-state index is 0.892. The summed E-state index contributed by atoms with van der Waals surface area (Å²) in [6.07, 6.45) is 0.